The van der Waals surface area contributed by atoms with E-state index in [4.69, 9.17) is 9.47 Å². The van der Waals surface area contributed by atoms with Gasteiger partial charge in [-0.1, -0.05) is 6.07 Å². The van der Waals surface area contributed by atoms with Crippen LogP contribution in [0.1, 0.15) is 24.2 Å². The Morgan fingerprint density at radius 3 is 2.57 bits per heavy atom. The largest absolute Gasteiger partial charge is 0.497 e. The van der Waals surface area contributed by atoms with Gasteiger partial charge in [0.25, 0.3) is 0 Å². The highest BCUT2D eigenvalue weighted by molar-refractivity contribution is 5.75. The molecule has 5 heteroatoms. The molecular weight excluding hydrogens is 292 g/mol. The zero-order chi connectivity index (χ0) is 16.5. The number of carbonyl (C=O) groups is 1. The molecule has 0 saturated carbocycles. The normalized spacial score (nSPS) is 10.2. The predicted octanol–water partition coefficient (Wildman–Crippen LogP) is 2.87. The second-order valence-corrected chi connectivity index (χ2v) is 5.17. The van der Waals surface area contributed by atoms with Crippen LogP contribution in [-0.4, -0.2) is 24.6 Å². The SMILES string of the molecule is COc1ccc(OCCCC(=O)NCc2cccc(C)n2)cc1. The third-order valence-corrected chi connectivity index (χ3v) is 3.29. The highest BCUT2D eigenvalue weighted by Crippen LogP contribution is 2.17. The molecule has 0 spiro atoms. The van der Waals surface area contributed by atoms with Gasteiger partial charge >= 0.3 is 0 Å². The fourth-order valence-electron chi connectivity index (χ4n) is 2.07. The number of pyridine rings is 1. The number of nitrogens with zero attached hydrogens (tertiary/aromatic N) is 1. The average Bonchev–Trinajstić information content (AvgIpc) is 2.57. The Balaban J connectivity index is 1.62. The van der Waals surface area contributed by atoms with E-state index in [9.17, 15) is 4.79 Å². The zero-order valence-corrected chi connectivity index (χ0v) is 13.5. The minimum Gasteiger partial charge on any atom is -0.497 e. The van der Waals surface area contributed by atoms with Crippen molar-refractivity contribution in [2.75, 3.05) is 13.7 Å². The molecule has 23 heavy (non-hydrogen) atoms. The molecular formula is C18H22N2O3. The lowest BCUT2D eigenvalue weighted by Crippen LogP contribution is -2.23. The van der Waals surface area contributed by atoms with Crippen molar-refractivity contribution in [3.63, 3.8) is 0 Å². The van der Waals surface area contributed by atoms with E-state index in [0.29, 0.717) is 26.0 Å². The number of carbonyl (C=O) groups excluding carboxylic acids is 1. The first-order valence-electron chi connectivity index (χ1n) is 7.63. The molecule has 1 aromatic carbocycles. The van der Waals surface area contributed by atoms with Crippen LogP contribution in [-0.2, 0) is 11.3 Å². The van der Waals surface area contributed by atoms with Gasteiger partial charge in [0, 0.05) is 12.1 Å². The third-order valence-electron chi connectivity index (χ3n) is 3.29. The maximum absolute atomic E-state index is 11.8. The lowest BCUT2D eigenvalue weighted by atomic mass is 10.3. The highest BCUT2D eigenvalue weighted by Gasteiger charge is 2.03. The Labute approximate surface area is 136 Å². The van der Waals surface area contributed by atoms with Crippen LogP contribution in [0, 0.1) is 6.92 Å². The van der Waals surface area contributed by atoms with Crippen LogP contribution >= 0.6 is 0 Å². The molecule has 2 rings (SSSR count). The summed E-state index contributed by atoms with van der Waals surface area (Å²) in [6.07, 6.45) is 1.10. The molecule has 0 bridgehead atoms. The van der Waals surface area contributed by atoms with Crippen LogP contribution in [0.3, 0.4) is 0 Å². The molecule has 1 heterocycles. The van der Waals surface area contributed by atoms with Crippen LogP contribution in [0.15, 0.2) is 42.5 Å². The number of ether oxygens (including phenoxy) is 2. The topological polar surface area (TPSA) is 60.5 Å². The van der Waals surface area contributed by atoms with Gasteiger partial charge in [0.1, 0.15) is 11.5 Å². The molecule has 0 aliphatic rings. The summed E-state index contributed by atoms with van der Waals surface area (Å²) in [4.78, 5) is 16.1. The Kier molecular flexibility index (Phi) is 6.41. The van der Waals surface area contributed by atoms with Gasteiger partial charge in [0.05, 0.1) is 26.0 Å². The molecule has 1 aromatic heterocycles. The molecule has 0 aliphatic carbocycles. The second kappa shape index (κ2) is 8.78. The number of amides is 1. The van der Waals surface area contributed by atoms with Gasteiger partial charge in [-0.25, -0.2) is 0 Å². The molecule has 1 N–H and O–H groups in total. The molecule has 5 nitrogen and oxygen atoms in total. The van der Waals surface area contributed by atoms with Crippen LogP contribution in [0.2, 0.25) is 0 Å². The molecule has 2 aromatic rings. The minimum absolute atomic E-state index is 0.00615. The number of nitrogens with one attached hydrogen (secondary N) is 1. The fourth-order valence-corrected chi connectivity index (χ4v) is 2.07. The van der Waals surface area contributed by atoms with E-state index < -0.39 is 0 Å². The van der Waals surface area contributed by atoms with Crippen LogP contribution < -0.4 is 14.8 Å². The predicted molar refractivity (Wildman–Crippen MR) is 88.5 cm³/mol. The molecule has 122 valence electrons. The minimum atomic E-state index is 0.00615. The van der Waals surface area contributed by atoms with Gasteiger partial charge in [-0.15, -0.1) is 0 Å². The molecule has 0 aliphatic heterocycles. The summed E-state index contributed by atoms with van der Waals surface area (Å²) in [5, 5.41) is 2.87. The van der Waals surface area contributed by atoms with E-state index in [0.717, 1.165) is 22.9 Å². The summed E-state index contributed by atoms with van der Waals surface area (Å²) >= 11 is 0. The average molecular weight is 314 g/mol. The first-order chi connectivity index (χ1) is 11.2. The first-order valence-corrected chi connectivity index (χ1v) is 7.63. The molecule has 0 fully saturated rings. The maximum Gasteiger partial charge on any atom is 0.220 e. The first kappa shape index (κ1) is 16.8. The monoisotopic (exact) mass is 314 g/mol. The van der Waals surface area contributed by atoms with E-state index in [1.165, 1.54) is 0 Å². The summed E-state index contributed by atoms with van der Waals surface area (Å²) in [6.45, 7) is 2.89. The smallest absolute Gasteiger partial charge is 0.220 e. The van der Waals surface area contributed by atoms with Crippen molar-refractivity contribution in [1.82, 2.24) is 10.3 Å². The van der Waals surface area contributed by atoms with Crippen LogP contribution in [0.5, 0.6) is 11.5 Å². The van der Waals surface area contributed by atoms with Gasteiger partial charge in [-0.3, -0.25) is 9.78 Å². The Hall–Kier alpha value is -2.56. The molecule has 0 saturated heterocycles. The molecule has 0 radical (unpaired) electrons. The number of rotatable bonds is 8. The van der Waals surface area contributed by atoms with E-state index in [2.05, 4.69) is 10.3 Å². The van der Waals surface area contributed by atoms with E-state index in [1.54, 1.807) is 7.11 Å². The Morgan fingerprint density at radius 2 is 1.87 bits per heavy atom. The van der Waals surface area contributed by atoms with Crippen molar-refractivity contribution in [3.05, 3.63) is 53.9 Å². The van der Waals surface area contributed by atoms with E-state index in [1.807, 2.05) is 49.4 Å². The number of aryl methyl sites for hydroxylation is 1. The second-order valence-electron chi connectivity index (χ2n) is 5.17. The molecule has 1 amide bonds. The van der Waals surface area contributed by atoms with Crippen LogP contribution in [0.4, 0.5) is 0 Å². The van der Waals surface area contributed by atoms with Crippen LogP contribution in [0.25, 0.3) is 0 Å². The van der Waals surface area contributed by atoms with Gasteiger partial charge in [0.15, 0.2) is 0 Å². The van der Waals surface area contributed by atoms with Crippen molar-refractivity contribution in [1.29, 1.82) is 0 Å². The Morgan fingerprint density at radius 1 is 1.13 bits per heavy atom. The summed E-state index contributed by atoms with van der Waals surface area (Å²) < 4.78 is 10.7. The highest BCUT2D eigenvalue weighted by atomic mass is 16.5. The maximum atomic E-state index is 11.8. The standard InChI is InChI=1S/C18H22N2O3/c1-14-5-3-6-15(20-14)13-19-18(21)7-4-12-23-17-10-8-16(22-2)9-11-17/h3,5-6,8-11H,4,7,12-13H2,1-2H3,(H,19,21). The lowest BCUT2D eigenvalue weighted by Gasteiger charge is -2.08. The van der Waals surface area contributed by atoms with Gasteiger partial charge in [0.2, 0.25) is 5.91 Å². The summed E-state index contributed by atoms with van der Waals surface area (Å²) in [6, 6.07) is 13.2. The van der Waals surface area contributed by atoms with Crippen molar-refractivity contribution in [3.8, 4) is 11.5 Å². The number of hydrogen-bond acceptors (Lipinski definition) is 4. The van der Waals surface area contributed by atoms with Gasteiger partial charge in [-0.2, -0.15) is 0 Å². The van der Waals surface area contributed by atoms with Crippen molar-refractivity contribution >= 4 is 5.91 Å². The molecule has 0 atom stereocenters. The number of benzene rings is 1. The summed E-state index contributed by atoms with van der Waals surface area (Å²) in [7, 11) is 1.63. The van der Waals surface area contributed by atoms with Gasteiger partial charge in [-0.05, 0) is 49.7 Å². The summed E-state index contributed by atoms with van der Waals surface area (Å²) in [5.41, 5.74) is 1.82. The fraction of sp³-hybridized carbons (Fsp3) is 0.333. The zero-order valence-electron chi connectivity index (χ0n) is 13.5. The number of aromatic nitrogens is 1. The van der Waals surface area contributed by atoms with Gasteiger partial charge < -0.3 is 14.8 Å². The van der Waals surface area contributed by atoms with Crippen molar-refractivity contribution < 1.29 is 14.3 Å². The van der Waals surface area contributed by atoms with E-state index in [-0.39, 0.29) is 5.91 Å². The van der Waals surface area contributed by atoms with Crippen molar-refractivity contribution in [2.24, 2.45) is 0 Å². The number of hydrogen-bond donors (Lipinski definition) is 1. The third kappa shape index (κ3) is 5.98. The number of methoxy groups -OCH3 is 1. The summed E-state index contributed by atoms with van der Waals surface area (Å²) in [5.74, 6) is 1.57. The Bertz CT molecular complexity index is 626. The lowest BCUT2D eigenvalue weighted by molar-refractivity contribution is -0.121. The quantitative estimate of drug-likeness (QED) is 0.761. The molecule has 0 unspecified atom stereocenters. The van der Waals surface area contributed by atoms with E-state index >= 15 is 0 Å². The van der Waals surface area contributed by atoms with Crippen molar-refractivity contribution in [2.45, 2.75) is 26.3 Å².